The normalized spacial score (nSPS) is 19.9. The molecule has 2 atom stereocenters. The van der Waals surface area contributed by atoms with Crippen LogP contribution in [0.5, 0.6) is 0 Å². The van der Waals surface area contributed by atoms with Crippen LogP contribution in [0.3, 0.4) is 0 Å². The number of nitrogens with two attached hydrogens (primary N) is 2. The number of likely N-dealkylation sites (N-methyl/N-ethyl adjacent to an activating group) is 2. The Morgan fingerprint density at radius 1 is 0.824 bits per heavy atom. The van der Waals surface area contributed by atoms with E-state index in [0.717, 1.165) is 94.4 Å². The lowest BCUT2D eigenvalue weighted by Gasteiger charge is -2.31. The molecule has 0 bridgehead atoms. The lowest BCUT2D eigenvalue weighted by atomic mass is 9.83. The molecule has 11 heteroatoms. The summed E-state index contributed by atoms with van der Waals surface area (Å²) in [6.07, 6.45) is 14.3. The third-order valence-corrected chi connectivity index (χ3v) is 10.5. The molecule has 0 amide bonds. The second-order valence-electron chi connectivity index (χ2n) is 13.6. The van der Waals surface area contributed by atoms with Gasteiger partial charge in [0.15, 0.2) is 0 Å². The third kappa shape index (κ3) is 16.9. The van der Waals surface area contributed by atoms with Gasteiger partial charge in [0.1, 0.15) is 0 Å². The molecule has 10 nitrogen and oxygen atoms in total. The van der Waals surface area contributed by atoms with Crippen molar-refractivity contribution in [3.8, 4) is 18.0 Å². The monoisotopic (exact) mass is 814 g/mol. The summed E-state index contributed by atoms with van der Waals surface area (Å²) >= 11 is 2.27. The molecule has 1 saturated carbocycles. The molecule has 1 aliphatic carbocycles. The molecule has 3 heterocycles. The zero-order valence-electron chi connectivity index (χ0n) is 31.1. The summed E-state index contributed by atoms with van der Waals surface area (Å²) in [5.41, 5.74) is 15.4. The summed E-state index contributed by atoms with van der Waals surface area (Å²) in [6, 6.07) is 17.1. The van der Waals surface area contributed by atoms with Crippen LogP contribution in [0.2, 0.25) is 0 Å². The van der Waals surface area contributed by atoms with Gasteiger partial charge >= 0.3 is 0 Å². The van der Waals surface area contributed by atoms with Gasteiger partial charge in [0.05, 0.1) is 24.1 Å². The van der Waals surface area contributed by atoms with Crippen LogP contribution in [-0.4, -0.2) is 121 Å². The van der Waals surface area contributed by atoms with Gasteiger partial charge in [0.2, 0.25) is 0 Å². The summed E-state index contributed by atoms with van der Waals surface area (Å²) < 4.78 is 3.08. The predicted octanol–water partition coefficient (Wildman–Crippen LogP) is 4.90. The minimum Gasteiger partial charge on any atom is -0.326 e. The topological polar surface area (TPSA) is 108 Å². The Morgan fingerprint density at radius 2 is 1.35 bits per heavy atom. The Bertz CT molecular complexity index is 1330. The van der Waals surface area contributed by atoms with Crippen molar-refractivity contribution < 1.29 is 0 Å². The highest BCUT2D eigenvalue weighted by Crippen LogP contribution is 2.26. The van der Waals surface area contributed by atoms with Gasteiger partial charge in [-0.15, -0.1) is 11.5 Å². The first kappa shape index (κ1) is 44.7. The highest BCUT2D eigenvalue weighted by atomic mass is 127. The molecular formula is C40H67IN10. The average Bonchev–Trinajstić information content (AvgIpc) is 3.63. The van der Waals surface area contributed by atoms with Gasteiger partial charge in [-0.1, -0.05) is 69.0 Å². The molecule has 1 aromatic heterocycles. The third-order valence-electron chi connectivity index (χ3n) is 9.82. The van der Waals surface area contributed by atoms with E-state index < -0.39 is 0 Å². The highest BCUT2D eigenvalue weighted by molar-refractivity contribution is 14.1. The Balaban J connectivity index is 0.000000255. The quantitative estimate of drug-likeness (QED) is 0.217. The van der Waals surface area contributed by atoms with E-state index in [0.29, 0.717) is 13.1 Å². The van der Waals surface area contributed by atoms with Crippen LogP contribution in [-0.2, 0) is 19.6 Å². The molecule has 6 rings (SSSR count). The fourth-order valence-electron chi connectivity index (χ4n) is 6.35. The number of piperazine rings is 2. The zero-order chi connectivity index (χ0) is 36.1. The van der Waals surface area contributed by atoms with Crippen LogP contribution < -0.4 is 16.8 Å². The summed E-state index contributed by atoms with van der Waals surface area (Å²) in [5.74, 6) is 3.62. The van der Waals surface area contributed by atoms with E-state index in [4.69, 9.17) is 17.9 Å². The lowest BCUT2D eigenvalue weighted by Crippen LogP contribution is -2.44. The van der Waals surface area contributed by atoms with Crippen molar-refractivity contribution in [2.75, 3.05) is 80.0 Å². The molecular weight excluding hydrogens is 747 g/mol. The maximum atomic E-state index is 5.61. The van der Waals surface area contributed by atoms with Crippen molar-refractivity contribution in [1.82, 2.24) is 39.9 Å². The molecule has 2 aliphatic heterocycles. The first-order valence-corrected chi connectivity index (χ1v) is 19.4. The van der Waals surface area contributed by atoms with E-state index in [1.165, 1.54) is 41.2 Å². The van der Waals surface area contributed by atoms with E-state index in [9.17, 15) is 0 Å². The Labute approximate surface area is 323 Å². The largest absolute Gasteiger partial charge is 0.326 e. The van der Waals surface area contributed by atoms with Crippen molar-refractivity contribution >= 4 is 22.6 Å². The predicted molar refractivity (Wildman–Crippen MR) is 224 cm³/mol. The number of hydrogen-bond acceptors (Lipinski definition) is 9. The fourth-order valence-corrected chi connectivity index (χ4v) is 6.71. The number of benzene rings is 2. The Hall–Kier alpha value is -2.41. The molecule has 0 unspecified atom stereocenters. The molecule has 51 heavy (non-hydrogen) atoms. The van der Waals surface area contributed by atoms with Gasteiger partial charge < -0.3 is 26.6 Å². The van der Waals surface area contributed by atoms with Crippen LogP contribution in [0.25, 0.3) is 5.69 Å². The van der Waals surface area contributed by atoms with Gasteiger partial charge in [-0.2, -0.15) is 0 Å². The summed E-state index contributed by atoms with van der Waals surface area (Å²) in [4.78, 5) is 9.41. The van der Waals surface area contributed by atoms with Gasteiger partial charge in [-0.3, -0.25) is 9.80 Å². The van der Waals surface area contributed by atoms with Gasteiger partial charge in [-0.25, -0.2) is 4.68 Å². The van der Waals surface area contributed by atoms with Crippen LogP contribution in [0.4, 0.5) is 0 Å². The molecule has 3 aromatic rings. The van der Waals surface area contributed by atoms with Crippen molar-refractivity contribution in [2.24, 2.45) is 17.4 Å². The van der Waals surface area contributed by atoms with Crippen molar-refractivity contribution in [2.45, 2.75) is 72.1 Å². The van der Waals surface area contributed by atoms with E-state index in [-0.39, 0.29) is 7.43 Å². The minimum atomic E-state index is 0. The zero-order valence-corrected chi connectivity index (χ0v) is 33.3. The van der Waals surface area contributed by atoms with E-state index in [1.54, 1.807) is 0 Å². The molecule has 3 aliphatic rings. The summed E-state index contributed by atoms with van der Waals surface area (Å²) in [7, 11) is 6.41. The van der Waals surface area contributed by atoms with Gasteiger partial charge in [-0.05, 0) is 97.9 Å². The Morgan fingerprint density at radius 3 is 1.84 bits per heavy atom. The number of nitrogens with zero attached hydrogens (tertiary/aromatic N) is 7. The number of halogens is 1. The smallest absolute Gasteiger partial charge is 0.0971 e. The number of nitrogens with one attached hydrogen (secondary N) is 1. The molecule has 2 aromatic carbocycles. The maximum Gasteiger partial charge on any atom is 0.0971 e. The second kappa shape index (κ2) is 25.5. The molecule has 284 valence electrons. The number of rotatable bonds is 8. The van der Waals surface area contributed by atoms with Crippen LogP contribution in [0.15, 0.2) is 54.7 Å². The van der Waals surface area contributed by atoms with E-state index in [2.05, 4.69) is 104 Å². The van der Waals surface area contributed by atoms with Crippen LogP contribution >= 0.6 is 22.6 Å². The summed E-state index contributed by atoms with van der Waals surface area (Å²) in [5, 5.41) is 11.9. The molecule has 0 spiro atoms. The van der Waals surface area contributed by atoms with Gasteiger partial charge in [0.25, 0.3) is 0 Å². The van der Waals surface area contributed by atoms with Crippen molar-refractivity contribution in [1.29, 1.82) is 0 Å². The van der Waals surface area contributed by atoms with Crippen LogP contribution in [0, 0.1) is 21.8 Å². The van der Waals surface area contributed by atoms with Crippen LogP contribution in [0.1, 0.15) is 63.3 Å². The standard InChI is InChI=1S/C15H22N6.C9H19N.C8H14N2.C7H8IN.CH4/c1-19-6-8-20(9-7-19)11-14-12-21(18-17-14)15-4-2-13(10-16)3-5-15;1-3-8-6-4-5-7-9(8)10-2;1-3-4-10-7-5-9(2)6-8-10;8-7-3-1-6(5-9)2-4-7;/h2-5,12H,6-11,16H2,1H3;8-10H,3-7H2,1-2H3;1H,4-8H2,2H3;1-4H,5,9H2;1H4/t;8-,9-;;;/m.0.../s1. The van der Waals surface area contributed by atoms with Crippen molar-refractivity contribution in [3.63, 3.8) is 0 Å². The first-order valence-electron chi connectivity index (χ1n) is 18.4. The molecule has 3 fully saturated rings. The fraction of sp³-hybridized carbons (Fsp3) is 0.600. The Kier molecular flexibility index (Phi) is 22.4. The first-order chi connectivity index (χ1) is 24.3. The van der Waals surface area contributed by atoms with E-state index >= 15 is 0 Å². The van der Waals surface area contributed by atoms with E-state index in [1.807, 2.05) is 47.3 Å². The second-order valence-corrected chi connectivity index (χ2v) is 14.8. The minimum absolute atomic E-state index is 0. The number of hydrogen-bond donors (Lipinski definition) is 3. The lowest BCUT2D eigenvalue weighted by molar-refractivity contribution is 0.147. The highest BCUT2D eigenvalue weighted by Gasteiger charge is 2.21. The maximum absolute atomic E-state index is 5.61. The van der Waals surface area contributed by atoms with Gasteiger partial charge in [0, 0.05) is 81.6 Å². The molecule has 5 N–H and O–H groups in total. The number of terminal acetylenes is 1. The summed E-state index contributed by atoms with van der Waals surface area (Å²) in [6.45, 7) is 14.2. The average molecular weight is 815 g/mol. The number of aromatic nitrogens is 3. The molecule has 2 saturated heterocycles. The van der Waals surface area contributed by atoms with Crippen molar-refractivity contribution in [3.05, 3.63) is 75.1 Å². The molecule has 0 radical (unpaired) electrons. The SMILES string of the molecule is C.C#CCN1CCN(C)CC1.CC[C@H]1CCCC[C@@H]1NC.CN1CCN(Cc2cn(-c3ccc(CN)cc3)nn2)CC1.NCc1ccc(I)cc1.